The lowest BCUT2D eigenvalue weighted by atomic mass is 10.6. The van der Waals surface area contributed by atoms with Crippen LogP contribution >= 0.6 is 12.4 Å². The maximum Gasteiger partial charge on any atom is -0.0178 e. The van der Waals surface area contributed by atoms with Crippen LogP contribution in [0.4, 0.5) is 0 Å². The number of nitrogens with two attached hydrogens (primary N) is 1. The quantitative estimate of drug-likeness (QED) is 0.597. The van der Waals surface area contributed by atoms with E-state index in [9.17, 15) is 0 Å². The molecule has 2 N–H and O–H groups in total. The van der Waals surface area contributed by atoms with Crippen molar-refractivity contribution < 1.29 is 0 Å². The molecule has 0 fully saturated rings. The van der Waals surface area contributed by atoms with Crippen LogP contribution in [0.5, 0.6) is 0 Å². The summed E-state index contributed by atoms with van der Waals surface area (Å²) in [5.41, 5.74) is 7.35. The molecule has 9 heavy (non-hydrogen) atoms. The van der Waals surface area contributed by atoms with E-state index >= 15 is 0 Å². The second kappa shape index (κ2) is 3.49. The molecule has 0 aromatic rings. The van der Waals surface area contributed by atoms with Crippen LogP contribution in [-0.4, -0.2) is 7.05 Å². The summed E-state index contributed by atoms with van der Waals surface area (Å²) in [7, 11) is 1.50. The number of rotatable bonds is 0. The van der Waals surface area contributed by atoms with Crippen LogP contribution < -0.4 is 5.73 Å². The fourth-order valence-corrected chi connectivity index (χ4v) is 0.676. The SMILES string of the molecule is CN.Cl.c1cc2cc-2c1. The van der Waals surface area contributed by atoms with E-state index in [-0.39, 0.29) is 12.4 Å². The molecule has 0 radical (unpaired) electrons. The molecule has 2 rings (SSSR count). The third-order valence-corrected chi connectivity index (χ3v) is 1.11. The highest BCUT2D eigenvalue weighted by molar-refractivity contribution is 5.85. The van der Waals surface area contributed by atoms with Gasteiger partial charge in [0, 0.05) is 0 Å². The van der Waals surface area contributed by atoms with Gasteiger partial charge in [0.15, 0.2) is 0 Å². The third kappa shape index (κ3) is 1.70. The van der Waals surface area contributed by atoms with Gasteiger partial charge >= 0.3 is 0 Å². The molecule has 0 heterocycles. The maximum atomic E-state index is 4.50. The smallest absolute Gasteiger partial charge is 0.0178 e. The minimum Gasteiger partial charge on any atom is -0.333 e. The van der Waals surface area contributed by atoms with Crippen molar-refractivity contribution in [3.63, 3.8) is 0 Å². The lowest BCUT2D eigenvalue weighted by Crippen LogP contribution is -1.69. The van der Waals surface area contributed by atoms with E-state index in [1.54, 1.807) is 0 Å². The van der Waals surface area contributed by atoms with E-state index in [4.69, 9.17) is 0 Å². The molecule has 2 aliphatic carbocycles. The zero-order valence-corrected chi connectivity index (χ0v) is 6.11. The van der Waals surface area contributed by atoms with Crippen LogP contribution in [0.2, 0.25) is 0 Å². The van der Waals surface area contributed by atoms with Crippen molar-refractivity contribution in [1.29, 1.82) is 0 Å². The second-order valence-corrected chi connectivity index (χ2v) is 1.58. The van der Waals surface area contributed by atoms with Gasteiger partial charge in [0.2, 0.25) is 0 Å². The van der Waals surface area contributed by atoms with Crippen LogP contribution in [0.1, 0.15) is 0 Å². The lowest BCUT2D eigenvalue weighted by molar-refractivity contribution is 1.48. The molecule has 2 heteroatoms. The Kier molecular flexibility index (Phi) is 3.28. The molecular weight excluding hydrogens is 134 g/mol. The fraction of sp³-hybridized carbons (Fsp3) is 0.143. The van der Waals surface area contributed by atoms with Gasteiger partial charge in [-0.25, -0.2) is 0 Å². The van der Waals surface area contributed by atoms with Gasteiger partial charge in [0.1, 0.15) is 0 Å². The van der Waals surface area contributed by atoms with Gasteiger partial charge in [0.25, 0.3) is 0 Å². The molecule has 0 aromatic carbocycles. The molecule has 2 aliphatic rings. The predicted octanol–water partition coefficient (Wildman–Crippen LogP) is 1.66. The molecule has 0 atom stereocenters. The van der Waals surface area contributed by atoms with Crippen molar-refractivity contribution >= 4 is 12.4 Å². The molecule has 1 nitrogen and oxygen atoms in total. The molecule has 0 amide bonds. The number of fused-ring (bicyclic) bond motifs is 1. The Balaban J connectivity index is 0.000000198. The summed E-state index contributed by atoms with van der Waals surface area (Å²) in [6.45, 7) is 0. The van der Waals surface area contributed by atoms with Gasteiger partial charge in [-0.3, -0.25) is 0 Å². The monoisotopic (exact) mass is 143 g/mol. The van der Waals surface area contributed by atoms with Crippen molar-refractivity contribution in [2.45, 2.75) is 0 Å². The number of hydrogen-bond donors (Lipinski definition) is 1. The fourth-order valence-electron chi connectivity index (χ4n) is 0.676. The Morgan fingerprint density at radius 1 is 1.11 bits per heavy atom. The summed E-state index contributed by atoms with van der Waals surface area (Å²) in [6.07, 6.45) is 0. The normalized spacial score (nSPS) is 8.22. The third-order valence-electron chi connectivity index (χ3n) is 1.11. The molecule has 0 saturated heterocycles. The molecule has 0 aliphatic heterocycles. The first-order chi connectivity index (χ1) is 3.97. The Bertz CT molecular complexity index is 169. The number of benzene rings is 1. The highest BCUT2D eigenvalue weighted by atomic mass is 35.5. The molecule has 0 bridgehead atoms. The number of halogens is 1. The van der Waals surface area contributed by atoms with Crippen LogP contribution in [0.15, 0.2) is 24.3 Å². The topological polar surface area (TPSA) is 26.0 Å². The van der Waals surface area contributed by atoms with Crippen molar-refractivity contribution in [3.8, 4) is 11.1 Å². The summed E-state index contributed by atoms with van der Waals surface area (Å²) in [5.74, 6) is 0. The minimum absolute atomic E-state index is 0. The van der Waals surface area contributed by atoms with Gasteiger partial charge in [-0.15, -0.1) is 12.4 Å². The van der Waals surface area contributed by atoms with E-state index in [0.29, 0.717) is 0 Å². The van der Waals surface area contributed by atoms with Gasteiger partial charge in [-0.1, -0.05) is 18.2 Å². The summed E-state index contributed by atoms with van der Waals surface area (Å²) in [6, 6.07) is 8.48. The van der Waals surface area contributed by atoms with Crippen LogP contribution in [0.25, 0.3) is 11.1 Å². The molecule has 50 valence electrons. The highest BCUT2D eigenvalue weighted by Gasteiger charge is 2.06. The van der Waals surface area contributed by atoms with E-state index in [1.165, 1.54) is 18.2 Å². The van der Waals surface area contributed by atoms with Crippen molar-refractivity contribution in [2.24, 2.45) is 5.73 Å². The average Bonchev–Trinajstić information content (AvgIpc) is 2.46. The van der Waals surface area contributed by atoms with Gasteiger partial charge in [-0.2, -0.15) is 0 Å². The number of hydrogen-bond acceptors (Lipinski definition) is 1. The van der Waals surface area contributed by atoms with Gasteiger partial charge in [0.05, 0.1) is 0 Å². The standard InChI is InChI=1S/C6H4.CH5N.ClH/c1-2-5-4-6(5)3-1;1-2;/h1-4H;2H2,1H3;1H. The Morgan fingerprint density at radius 3 is 1.67 bits per heavy atom. The summed E-state index contributed by atoms with van der Waals surface area (Å²) in [5, 5.41) is 0. The molecule has 0 saturated carbocycles. The largest absolute Gasteiger partial charge is 0.333 e. The summed E-state index contributed by atoms with van der Waals surface area (Å²) < 4.78 is 0. The van der Waals surface area contributed by atoms with Gasteiger partial charge in [-0.05, 0) is 24.2 Å². The zero-order chi connectivity index (χ0) is 5.98. The summed E-state index contributed by atoms with van der Waals surface area (Å²) in [4.78, 5) is 0. The van der Waals surface area contributed by atoms with E-state index in [1.807, 2.05) is 0 Å². The molecular formula is C7H10ClN. The first kappa shape index (κ1) is 8.47. The summed E-state index contributed by atoms with van der Waals surface area (Å²) >= 11 is 0. The first-order valence-corrected chi connectivity index (χ1v) is 2.65. The van der Waals surface area contributed by atoms with Gasteiger partial charge < -0.3 is 5.73 Å². The molecule has 0 unspecified atom stereocenters. The van der Waals surface area contributed by atoms with E-state index in [0.717, 1.165) is 0 Å². The van der Waals surface area contributed by atoms with Crippen molar-refractivity contribution in [1.82, 2.24) is 0 Å². The zero-order valence-electron chi connectivity index (χ0n) is 5.29. The average molecular weight is 144 g/mol. The van der Waals surface area contributed by atoms with E-state index < -0.39 is 0 Å². The Morgan fingerprint density at radius 2 is 1.56 bits per heavy atom. The highest BCUT2D eigenvalue weighted by Crippen LogP contribution is 2.32. The first-order valence-electron chi connectivity index (χ1n) is 2.65. The lowest BCUT2D eigenvalue weighted by Gasteiger charge is -1.48. The molecule has 0 spiro atoms. The van der Waals surface area contributed by atoms with Crippen molar-refractivity contribution in [2.75, 3.05) is 7.05 Å². The maximum absolute atomic E-state index is 4.50. The predicted molar refractivity (Wildman–Crippen MR) is 42.8 cm³/mol. The van der Waals surface area contributed by atoms with Crippen molar-refractivity contribution in [3.05, 3.63) is 24.3 Å². The van der Waals surface area contributed by atoms with Crippen LogP contribution in [0.3, 0.4) is 0 Å². The van der Waals surface area contributed by atoms with Crippen LogP contribution in [-0.2, 0) is 0 Å². The van der Waals surface area contributed by atoms with E-state index in [2.05, 4.69) is 30.0 Å². The minimum atomic E-state index is 0. The molecule has 0 aromatic heterocycles. The Labute approximate surface area is 61.3 Å². The Hall–Kier alpha value is -0.530. The van der Waals surface area contributed by atoms with Crippen LogP contribution in [0, 0.1) is 0 Å². The second-order valence-electron chi connectivity index (χ2n) is 1.58.